The summed E-state index contributed by atoms with van der Waals surface area (Å²) in [7, 11) is -0.898. The van der Waals surface area contributed by atoms with E-state index in [4.69, 9.17) is 18.9 Å². The minimum absolute atomic E-state index is 0.622. The van der Waals surface area contributed by atoms with E-state index in [0.717, 1.165) is 23.0 Å². The van der Waals surface area contributed by atoms with Crippen molar-refractivity contribution < 1.29 is 38.4 Å². The Morgan fingerprint density at radius 2 is 1.15 bits per heavy atom. The molecule has 3 aromatic rings. The maximum atomic E-state index is 14.0. The zero-order valence-corrected chi connectivity index (χ0v) is 22.9. The van der Waals surface area contributed by atoms with Crippen molar-refractivity contribution in [1.29, 1.82) is 0 Å². The van der Waals surface area contributed by atoms with Crippen molar-refractivity contribution in [3.63, 3.8) is 0 Å². The van der Waals surface area contributed by atoms with Crippen LogP contribution in [0.5, 0.6) is 0 Å². The van der Waals surface area contributed by atoms with E-state index >= 15 is 0 Å². The van der Waals surface area contributed by atoms with Crippen molar-refractivity contribution in [2.24, 2.45) is 5.92 Å². The molecule has 39 heavy (non-hydrogen) atoms. The van der Waals surface area contributed by atoms with Crippen molar-refractivity contribution in [1.82, 2.24) is 0 Å². The number of rotatable bonds is 8. The molecule has 0 spiro atoms. The van der Waals surface area contributed by atoms with Crippen LogP contribution in [0.15, 0.2) is 103 Å². The van der Waals surface area contributed by atoms with Gasteiger partial charge in [0.2, 0.25) is 0 Å². The molecule has 1 heterocycles. The maximum absolute atomic E-state index is 14.0. The molecule has 0 unspecified atom stereocenters. The van der Waals surface area contributed by atoms with Gasteiger partial charge in [-0.25, -0.2) is 9.59 Å². The summed E-state index contributed by atoms with van der Waals surface area (Å²) in [5, 5.41) is 15.5. The third-order valence-corrected chi connectivity index (χ3v) is 11.2. The number of carbonyl (C=O) groups excluding carboxylic acids is 3. The number of benzene rings is 3. The molecule has 4 rings (SSSR count). The van der Waals surface area contributed by atoms with Gasteiger partial charge in [0.05, 0.1) is 25.7 Å². The van der Waals surface area contributed by atoms with Gasteiger partial charge in [-0.15, -0.1) is 0 Å². The lowest BCUT2D eigenvalue weighted by atomic mass is 9.94. The average Bonchev–Trinajstić information content (AvgIpc) is 2.94. The van der Waals surface area contributed by atoms with Gasteiger partial charge in [0.25, 0.3) is 0 Å². The van der Waals surface area contributed by atoms with Gasteiger partial charge < -0.3 is 24.1 Å². The summed E-state index contributed by atoms with van der Waals surface area (Å²) in [6, 6.07) is 27.7. The fraction of sp³-hybridized carbons (Fsp3) is 0.233. The fourth-order valence-corrected chi connectivity index (χ4v) is 9.93. The van der Waals surface area contributed by atoms with Crippen LogP contribution in [0.4, 0.5) is 0 Å². The molecule has 0 saturated heterocycles. The van der Waals surface area contributed by atoms with E-state index in [9.17, 15) is 19.5 Å². The Kier molecular flexibility index (Phi) is 8.07. The number of esters is 3. The highest BCUT2D eigenvalue weighted by Gasteiger charge is 2.63. The SMILES string of the molecule is COC(=O)[C@H](C1=C([O-])OC(C)(C)OC1=O)[C@@H](C(=O)OC)[P+](c1ccccc1)(c1ccccc1)c1ccccc1. The first kappa shape index (κ1) is 27.9. The number of ether oxygens (including phenoxy) is 4. The minimum Gasteiger partial charge on any atom is -0.575 e. The molecule has 2 atom stereocenters. The van der Waals surface area contributed by atoms with Crippen molar-refractivity contribution in [2.45, 2.75) is 25.3 Å². The minimum atomic E-state index is -3.22. The molecule has 0 aliphatic carbocycles. The van der Waals surface area contributed by atoms with Crippen LogP contribution >= 0.6 is 7.26 Å². The molecule has 0 saturated carbocycles. The standard InChI is InChI=1S/C30H29O8P/c1-30(2)37-27(32)24(28(33)38-30)23(26(31)35-3)25(29(34)36-4)39(20-14-8-5-9-15-20,21-16-10-6-11-17-21)22-18-12-7-13-19-22/h5-19,23,25H,1-4H3/t23-,25+/m1/s1. The zero-order chi connectivity index (χ0) is 28.2. The fourth-order valence-electron chi connectivity index (χ4n) is 5.00. The first-order valence-electron chi connectivity index (χ1n) is 12.2. The number of methoxy groups -OCH3 is 2. The lowest BCUT2D eigenvalue weighted by molar-refractivity contribution is -0.394. The molecule has 0 radical (unpaired) electrons. The third-order valence-electron chi connectivity index (χ3n) is 6.55. The lowest BCUT2D eigenvalue weighted by Crippen LogP contribution is -2.52. The summed E-state index contributed by atoms with van der Waals surface area (Å²) in [6.07, 6.45) is 0. The van der Waals surface area contributed by atoms with Gasteiger partial charge in [-0.3, -0.25) is 4.79 Å². The second kappa shape index (κ2) is 11.3. The normalized spacial score (nSPS) is 16.4. The predicted octanol–water partition coefficient (Wildman–Crippen LogP) is 2.19. The smallest absolute Gasteiger partial charge is 0.349 e. The highest BCUT2D eigenvalue weighted by Crippen LogP contribution is 2.63. The van der Waals surface area contributed by atoms with Crippen LogP contribution in [-0.2, 0) is 33.3 Å². The molecular formula is C30H29O8P. The van der Waals surface area contributed by atoms with Crippen molar-refractivity contribution in [2.75, 3.05) is 14.2 Å². The molecule has 1 aliphatic heterocycles. The highest BCUT2D eigenvalue weighted by atomic mass is 31.2. The molecule has 0 bridgehead atoms. The molecule has 9 heteroatoms. The highest BCUT2D eigenvalue weighted by molar-refractivity contribution is 7.97. The Hall–Kier alpha value is -4.16. The lowest BCUT2D eigenvalue weighted by Gasteiger charge is -2.42. The number of cyclic esters (lactones) is 1. The molecule has 3 aromatic carbocycles. The molecule has 202 valence electrons. The topological polar surface area (TPSA) is 111 Å². The number of carbonyl (C=O) groups is 3. The molecular weight excluding hydrogens is 519 g/mol. The number of hydrogen-bond donors (Lipinski definition) is 0. The van der Waals surface area contributed by atoms with Crippen LogP contribution in [0.3, 0.4) is 0 Å². The van der Waals surface area contributed by atoms with Gasteiger partial charge in [0.15, 0.2) is 11.4 Å². The monoisotopic (exact) mass is 548 g/mol. The molecule has 1 aliphatic rings. The Morgan fingerprint density at radius 1 is 0.744 bits per heavy atom. The Balaban J connectivity index is 2.17. The Bertz CT molecular complexity index is 1270. The van der Waals surface area contributed by atoms with Crippen LogP contribution in [0.25, 0.3) is 0 Å². The van der Waals surface area contributed by atoms with Gasteiger partial charge in [-0.05, 0) is 50.2 Å². The summed E-state index contributed by atoms with van der Waals surface area (Å²) in [6.45, 7) is 2.81. The van der Waals surface area contributed by atoms with Crippen molar-refractivity contribution in [3.05, 3.63) is 103 Å². The van der Waals surface area contributed by atoms with Gasteiger partial charge in [0, 0.05) is 0 Å². The molecule has 0 aromatic heterocycles. The third kappa shape index (κ3) is 5.12. The van der Waals surface area contributed by atoms with Crippen molar-refractivity contribution in [3.8, 4) is 0 Å². The molecule has 0 fully saturated rings. The maximum Gasteiger partial charge on any atom is 0.349 e. The second-order valence-electron chi connectivity index (χ2n) is 9.29. The van der Waals surface area contributed by atoms with E-state index in [0.29, 0.717) is 0 Å². The van der Waals surface area contributed by atoms with E-state index in [-0.39, 0.29) is 0 Å². The van der Waals surface area contributed by atoms with E-state index in [1.54, 1.807) is 0 Å². The Morgan fingerprint density at radius 3 is 1.51 bits per heavy atom. The van der Waals surface area contributed by atoms with Gasteiger partial charge in [-0.1, -0.05) is 54.6 Å². The summed E-state index contributed by atoms with van der Waals surface area (Å²) >= 11 is 0. The van der Waals surface area contributed by atoms with Gasteiger partial charge in [-0.2, -0.15) is 0 Å². The van der Waals surface area contributed by atoms with Crippen LogP contribution in [0.1, 0.15) is 13.8 Å². The van der Waals surface area contributed by atoms with Gasteiger partial charge in [0.1, 0.15) is 29.1 Å². The predicted molar refractivity (Wildman–Crippen MR) is 145 cm³/mol. The molecule has 0 amide bonds. The van der Waals surface area contributed by atoms with E-state index in [2.05, 4.69) is 0 Å². The van der Waals surface area contributed by atoms with E-state index in [1.165, 1.54) is 21.0 Å². The van der Waals surface area contributed by atoms with E-state index < -0.39 is 54.1 Å². The second-order valence-corrected chi connectivity index (χ2v) is 12.8. The summed E-state index contributed by atoms with van der Waals surface area (Å²) in [5.41, 5.74) is -2.01. The summed E-state index contributed by atoms with van der Waals surface area (Å²) in [5.74, 6) is -7.15. The quantitative estimate of drug-likeness (QED) is 0.239. The van der Waals surface area contributed by atoms with Gasteiger partial charge >= 0.3 is 17.9 Å². The Labute approximate surface area is 227 Å². The van der Waals surface area contributed by atoms with Crippen LogP contribution in [-0.4, -0.2) is 43.6 Å². The van der Waals surface area contributed by atoms with Crippen LogP contribution in [0, 0.1) is 5.92 Å². The first-order chi connectivity index (χ1) is 18.7. The average molecular weight is 549 g/mol. The summed E-state index contributed by atoms with van der Waals surface area (Å²) in [4.78, 5) is 40.9. The summed E-state index contributed by atoms with van der Waals surface area (Å²) < 4.78 is 21.2. The van der Waals surface area contributed by atoms with Crippen molar-refractivity contribution >= 4 is 41.1 Å². The number of hydrogen-bond acceptors (Lipinski definition) is 8. The molecule has 0 N–H and O–H groups in total. The molecule has 8 nitrogen and oxygen atoms in total. The van der Waals surface area contributed by atoms with Crippen LogP contribution < -0.4 is 21.0 Å². The van der Waals surface area contributed by atoms with E-state index in [1.807, 2.05) is 91.0 Å². The van der Waals surface area contributed by atoms with Crippen LogP contribution in [0.2, 0.25) is 0 Å². The largest absolute Gasteiger partial charge is 0.575 e. The first-order valence-corrected chi connectivity index (χ1v) is 14.1. The zero-order valence-electron chi connectivity index (χ0n) is 22.0.